The van der Waals surface area contributed by atoms with Crippen molar-refractivity contribution in [3.05, 3.63) is 48.6 Å². The zero-order chi connectivity index (χ0) is 51.8. The Morgan fingerprint density at radius 2 is 0.845 bits per heavy atom. The molecule has 1 saturated heterocycles. The summed E-state index contributed by atoms with van der Waals surface area (Å²) in [5.41, 5.74) is 0. The second-order valence-electron chi connectivity index (χ2n) is 20.7. The zero-order valence-corrected chi connectivity index (χ0v) is 45.5. The molecule has 8 N–H and O–H groups in total. The number of hydrogen-bond donors (Lipinski definition) is 8. The maximum Gasteiger partial charge on any atom is 0.249 e. The number of carbonyl (C=O) groups is 1. The SMILES string of the molecule is CCCCCCCCCCC/C=C/CC/C=C/CC/C=C/CCCC(O)C(O)C(COC1OC(CO)C(O)C(O)C1O)NC(=O)C(O)CCCCCCCC/C=C\CCCCCCCCCCCCCC. The van der Waals surface area contributed by atoms with Crippen molar-refractivity contribution in [2.24, 2.45) is 0 Å². The molecule has 1 aliphatic heterocycles. The average molecular weight is 1010 g/mol. The number of carbonyl (C=O) groups excluding carboxylic acids is 1. The van der Waals surface area contributed by atoms with E-state index >= 15 is 0 Å². The highest BCUT2D eigenvalue weighted by Crippen LogP contribution is 2.23. The lowest BCUT2D eigenvalue weighted by molar-refractivity contribution is -0.303. The van der Waals surface area contributed by atoms with Gasteiger partial charge in [0.15, 0.2) is 6.29 Å². The summed E-state index contributed by atoms with van der Waals surface area (Å²) in [5, 5.41) is 76.1. The molecule has 0 aromatic rings. The molecule has 0 bridgehead atoms. The lowest BCUT2D eigenvalue weighted by Gasteiger charge is -2.40. The molecule has 0 aromatic heterocycles. The molecule has 1 rings (SSSR count). The van der Waals surface area contributed by atoms with E-state index in [1.54, 1.807) is 0 Å². The third kappa shape index (κ3) is 37.5. The highest BCUT2D eigenvalue weighted by molar-refractivity contribution is 5.80. The first-order valence-corrected chi connectivity index (χ1v) is 29.5. The first-order chi connectivity index (χ1) is 34.7. The van der Waals surface area contributed by atoms with Gasteiger partial charge in [-0.05, 0) is 89.9 Å². The van der Waals surface area contributed by atoms with E-state index in [0.717, 1.165) is 64.2 Å². The van der Waals surface area contributed by atoms with Crippen LogP contribution < -0.4 is 5.32 Å². The van der Waals surface area contributed by atoms with Gasteiger partial charge in [-0.25, -0.2) is 0 Å². The maximum atomic E-state index is 13.2. The molecule has 1 aliphatic rings. The number of allylic oxidation sites excluding steroid dienone is 8. The van der Waals surface area contributed by atoms with Gasteiger partial charge in [0, 0.05) is 0 Å². The van der Waals surface area contributed by atoms with Gasteiger partial charge < -0.3 is 50.5 Å². The fourth-order valence-electron chi connectivity index (χ4n) is 9.23. The summed E-state index contributed by atoms with van der Waals surface area (Å²) in [7, 11) is 0. The van der Waals surface area contributed by atoms with Crippen molar-refractivity contribution in [3.63, 3.8) is 0 Å². The number of unbranched alkanes of at least 4 members (excludes halogenated alkanes) is 30. The van der Waals surface area contributed by atoms with Gasteiger partial charge in [-0.15, -0.1) is 0 Å². The summed E-state index contributed by atoms with van der Waals surface area (Å²) < 4.78 is 11.1. The zero-order valence-electron chi connectivity index (χ0n) is 45.5. The first-order valence-electron chi connectivity index (χ1n) is 29.5. The number of ether oxygens (including phenoxy) is 2. The van der Waals surface area contributed by atoms with Gasteiger partial charge in [-0.1, -0.05) is 217 Å². The summed E-state index contributed by atoms with van der Waals surface area (Å²) >= 11 is 0. The summed E-state index contributed by atoms with van der Waals surface area (Å²) in [5.74, 6) is -0.716. The van der Waals surface area contributed by atoms with E-state index in [1.165, 1.54) is 148 Å². The largest absolute Gasteiger partial charge is 0.394 e. The van der Waals surface area contributed by atoms with Crippen molar-refractivity contribution in [2.75, 3.05) is 13.2 Å². The molecule has 11 heteroatoms. The van der Waals surface area contributed by atoms with Crippen molar-refractivity contribution in [2.45, 2.75) is 313 Å². The van der Waals surface area contributed by atoms with Crippen molar-refractivity contribution < 1.29 is 50.0 Å². The predicted molar refractivity (Wildman–Crippen MR) is 293 cm³/mol. The van der Waals surface area contributed by atoms with Crippen LogP contribution in [0.2, 0.25) is 0 Å². The molecule has 0 radical (unpaired) electrons. The lowest BCUT2D eigenvalue weighted by Crippen LogP contribution is -2.60. The average Bonchev–Trinajstić information content (AvgIpc) is 3.37. The maximum absolute atomic E-state index is 13.2. The highest BCUT2D eigenvalue weighted by Gasteiger charge is 2.44. The molecular formula is C60H111NO10. The van der Waals surface area contributed by atoms with Crippen LogP contribution in [0.3, 0.4) is 0 Å². The van der Waals surface area contributed by atoms with E-state index in [0.29, 0.717) is 19.3 Å². The Bertz CT molecular complexity index is 1290. The number of nitrogens with one attached hydrogen (secondary N) is 1. The lowest BCUT2D eigenvalue weighted by atomic mass is 9.98. The Hall–Kier alpha value is -1.93. The second kappa shape index (κ2) is 49.0. The van der Waals surface area contributed by atoms with Crippen molar-refractivity contribution in [1.29, 1.82) is 0 Å². The molecule has 0 aromatic carbocycles. The van der Waals surface area contributed by atoms with E-state index in [1.807, 2.05) is 0 Å². The summed E-state index contributed by atoms with van der Waals surface area (Å²) in [6.07, 6.45) is 50.2. The Morgan fingerprint density at radius 3 is 1.25 bits per heavy atom. The van der Waals surface area contributed by atoms with Crippen molar-refractivity contribution in [1.82, 2.24) is 5.32 Å². The molecule has 416 valence electrons. The van der Waals surface area contributed by atoms with Crippen LogP contribution in [0.25, 0.3) is 0 Å². The highest BCUT2D eigenvalue weighted by atomic mass is 16.7. The predicted octanol–water partition coefficient (Wildman–Crippen LogP) is 12.5. The van der Waals surface area contributed by atoms with Gasteiger partial charge in [-0.2, -0.15) is 0 Å². The van der Waals surface area contributed by atoms with Gasteiger partial charge in [0.1, 0.15) is 36.6 Å². The fraction of sp³-hybridized carbons (Fsp3) is 0.850. The number of aliphatic hydroxyl groups is 7. The Labute approximate surface area is 434 Å². The molecule has 0 aliphatic carbocycles. The standard InChI is InChI=1S/C60H111NO10/c1-3-5-7-9-11-13-15-17-19-21-23-25-27-29-31-33-35-37-39-41-43-45-47-52(63)55(65)51(50-70-60-58(68)57(67)56(66)54(49-62)71-60)61-59(69)53(64)48-46-44-42-40-38-36-34-32-30-28-26-24-22-20-18-16-14-12-10-8-6-4-2/h23,25,30-33,39,41,51-58,60,62-68H,3-22,24,26-29,34-38,40,42-50H2,1-2H3,(H,61,69)/b25-23+,32-30-,33-31+,41-39+. The van der Waals surface area contributed by atoms with Gasteiger partial charge in [0.05, 0.1) is 25.4 Å². The second-order valence-corrected chi connectivity index (χ2v) is 20.7. The minimum absolute atomic E-state index is 0.239. The van der Waals surface area contributed by atoms with Crippen LogP contribution in [0.1, 0.15) is 258 Å². The number of amides is 1. The fourth-order valence-corrected chi connectivity index (χ4v) is 9.23. The molecule has 9 unspecified atom stereocenters. The molecule has 9 atom stereocenters. The van der Waals surface area contributed by atoms with Crippen LogP contribution in [0.15, 0.2) is 48.6 Å². The minimum atomic E-state index is -1.68. The molecule has 0 spiro atoms. The molecule has 11 nitrogen and oxygen atoms in total. The van der Waals surface area contributed by atoms with Crippen molar-refractivity contribution >= 4 is 5.91 Å². The topological polar surface area (TPSA) is 189 Å². The van der Waals surface area contributed by atoms with E-state index in [9.17, 15) is 40.5 Å². The smallest absolute Gasteiger partial charge is 0.249 e. The van der Waals surface area contributed by atoms with Crippen LogP contribution >= 0.6 is 0 Å². The Morgan fingerprint density at radius 1 is 0.479 bits per heavy atom. The third-order valence-electron chi connectivity index (χ3n) is 14.1. The Kier molecular flexibility index (Phi) is 46.3. The van der Waals surface area contributed by atoms with Crippen LogP contribution in [0.5, 0.6) is 0 Å². The van der Waals surface area contributed by atoms with Gasteiger partial charge >= 0.3 is 0 Å². The number of hydrogen-bond acceptors (Lipinski definition) is 10. The van der Waals surface area contributed by atoms with E-state index < -0.39 is 74.2 Å². The molecule has 1 amide bonds. The monoisotopic (exact) mass is 1010 g/mol. The summed E-state index contributed by atoms with van der Waals surface area (Å²) in [6.45, 7) is 3.45. The summed E-state index contributed by atoms with van der Waals surface area (Å²) in [4.78, 5) is 13.2. The van der Waals surface area contributed by atoms with Crippen LogP contribution in [0.4, 0.5) is 0 Å². The number of rotatable bonds is 50. The first kappa shape index (κ1) is 67.1. The molecule has 1 fully saturated rings. The Balaban J connectivity index is 2.36. The van der Waals surface area contributed by atoms with Crippen molar-refractivity contribution in [3.8, 4) is 0 Å². The van der Waals surface area contributed by atoms with Gasteiger partial charge in [0.25, 0.3) is 0 Å². The van der Waals surface area contributed by atoms with E-state index in [4.69, 9.17) is 9.47 Å². The molecule has 0 saturated carbocycles. The quantitative estimate of drug-likeness (QED) is 0.0215. The summed E-state index contributed by atoms with van der Waals surface area (Å²) in [6, 6.07) is -1.20. The van der Waals surface area contributed by atoms with Crippen LogP contribution in [0, 0.1) is 0 Å². The molecular weight excluding hydrogens is 895 g/mol. The third-order valence-corrected chi connectivity index (χ3v) is 14.1. The van der Waals surface area contributed by atoms with E-state index in [2.05, 4.69) is 67.8 Å². The van der Waals surface area contributed by atoms with Crippen LogP contribution in [-0.4, -0.2) is 110 Å². The van der Waals surface area contributed by atoms with Gasteiger partial charge in [0.2, 0.25) is 5.91 Å². The number of aliphatic hydroxyl groups excluding tert-OH is 7. The normalized spacial score (nSPS) is 20.5. The minimum Gasteiger partial charge on any atom is -0.394 e. The van der Waals surface area contributed by atoms with E-state index in [-0.39, 0.29) is 12.8 Å². The molecule has 1 heterocycles. The van der Waals surface area contributed by atoms with Crippen LogP contribution in [-0.2, 0) is 14.3 Å². The van der Waals surface area contributed by atoms with Gasteiger partial charge in [-0.3, -0.25) is 4.79 Å². The molecule has 71 heavy (non-hydrogen) atoms.